The first kappa shape index (κ1) is 15.1. The van der Waals surface area contributed by atoms with Gasteiger partial charge in [0.25, 0.3) is 0 Å². The molecule has 0 aliphatic heterocycles. The number of aromatic nitrogens is 2. The second-order valence-electron chi connectivity index (χ2n) is 4.62. The standard InChI is InChI=1S/C11H22N4O2S/c1-9(2)12-5-4-6-18(16,17)14-8-11-7-13-15-10(11)3/h7,9,12,14H,4-6,8H2,1-3H3,(H,13,15). The van der Waals surface area contributed by atoms with Crippen molar-refractivity contribution in [2.45, 2.75) is 39.8 Å². The largest absolute Gasteiger partial charge is 0.314 e. The van der Waals surface area contributed by atoms with Crippen LogP contribution in [-0.4, -0.2) is 37.0 Å². The second-order valence-corrected chi connectivity index (χ2v) is 6.55. The van der Waals surface area contributed by atoms with Crippen LogP contribution in [0.1, 0.15) is 31.5 Å². The van der Waals surface area contributed by atoms with Crippen LogP contribution in [0.5, 0.6) is 0 Å². The van der Waals surface area contributed by atoms with Crippen molar-refractivity contribution >= 4 is 10.0 Å². The van der Waals surface area contributed by atoms with Crippen molar-refractivity contribution in [1.29, 1.82) is 0 Å². The Morgan fingerprint density at radius 3 is 2.72 bits per heavy atom. The number of H-pyrrole nitrogens is 1. The van der Waals surface area contributed by atoms with E-state index in [0.717, 1.165) is 11.3 Å². The maximum absolute atomic E-state index is 11.7. The number of aromatic amines is 1. The zero-order chi connectivity index (χ0) is 13.6. The zero-order valence-corrected chi connectivity index (χ0v) is 12.0. The summed E-state index contributed by atoms with van der Waals surface area (Å²) in [5.74, 6) is 0.142. The number of nitrogens with one attached hydrogen (secondary N) is 3. The topological polar surface area (TPSA) is 86.9 Å². The molecular weight excluding hydrogens is 252 g/mol. The Morgan fingerprint density at radius 2 is 2.17 bits per heavy atom. The van der Waals surface area contributed by atoms with Crippen molar-refractivity contribution in [3.63, 3.8) is 0 Å². The van der Waals surface area contributed by atoms with Gasteiger partial charge in [0.1, 0.15) is 0 Å². The van der Waals surface area contributed by atoms with Crippen LogP contribution in [0.2, 0.25) is 0 Å². The summed E-state index contributed by atoms with van der Waals surface area (Å²) in [4.78, 5) is 0. The molecule has 0 aromatic carbocycles. The minimum Gasteiger partial charge on any atom is -0.314 e. The first-order valence-electron chi connectivity index (χ1n) is 6.10. The summed E-state index contributed by atoms with van der Waals surface area (Å²) < 4.78 is 26.0. The molecule has 7 heteroatoms. The third kappa shape index (κ3) is 5.61. The van der Waals surface area contributed by atoms with E-state index in [1.54, 1.807) is 6.20 Å². The first-order valence-corrected chi connectivity index (χ1v) is 7.75. The molecule has 0 aliphatic rings. The number of nitrogens with zero attached hydrogens (tertiary/aromatic N) is 1. The maximum atomic E-state index is 11.7. The molecule has 1 aromatic heterocycles. The average Bonchev–Trinajstić information content (AvgIpc) is 2.68. The van der Waals surface area contributed by atoms with Gasteiger partial charge in [0.2, 0.25) is 10.0 Å². The summed E-state index contributed by atoms with van der Waals surface area (Å²) in [6.45, 7) is 6.94. The van der Waals surface area contributed by atoms with E-state index in [0.29, 0.717) is 25.6 Å². The van der Waals surface area contributed by atoms with Crippen LogP contribution < -0.4 is 10.0 Å². The molecule has 0 bridgehead atoms. The minimum atomic E-state index is -3.20. The SMILES string of the molecule is Cc1[nH]ncc1CNS(=O)(=O)CCCNC(C)C. The van der Waals surface area contributed by atoms with E-state index < -0.39 is 10.0 Å². The van der Waals surface area contributed by atoms with E-state index in [1.165, 1.54) is 0 Å². The Kier molecular flexibility index (Phi) is 5.77. The Balaban J connectivity index is 2.30. The molecule has 0 unspecified atom stereocenters. The molecule has 1 heterocycles. The molecule has 6 nitrogen and oxygen atoms in total. The Labute approximate surface area is 109 Å². The van der Waals surface area contributed by atoms with E-state index in [4.69, 9.17) is 0 Å². The third-order valence-corrected chi connectivity index (χ3v) is 3.97. The minimum absolute atomic E-state index is 0.142. The Morgan fingerprint density at radius 1 is 1.44 bits per heavy atom. The van der Waals surface area contributed by atoms with Crippen LogP contribution in [0.4, 0.5) is 0 Å². The number of hydrogen-bond acceptors (Lipinski definition) is 4. The molecule has 0 aliphatic carbocycles. The van der Waals surface area contributed by atoms with Gasteiger partial charge in [-0.1, -0.05) is 13.8 Å². The van der Waals surface area contributed by atoms with Crippen molar-refractivity contribution in [2.75, 3.05) is 12.3 Å². The number of aryl methyl sites for hydroxylation is 1. The summed E-state index contributed by atoms with van der Waals surface area (Å²) in [6, 6.07) is 0.384. The molecule has 0 fully saturated rings. The van der Waals surface area contributed by atoms with Crippen molar-refractivity contribution < 1.29 is 8.42 Å². The maximum Gasteiger partial charge on any atom is 0.211 e. The van der Waals surface area contributed by atoms with Gasteiger partial charge in [-0.05, 0) is 19.9 Å². The van der Waals surface area contributed by atoms with Crippen LogP contribution in [0, 0.1) is 6.92 Å². The number of sulfonamides is 1. The van der Waals surface area contributed by atoms with E-state index in [9.17, 15) is 8.42 Å². The molecule has 0 spiro atoms. The van der Waals surface area contributed by atoms with Crippen LogP contribution >= 0.6 is 0 Å². The smallest absolute Gasteiger partial charge is 0.211 e. The molecule has 104 valence electrons. The van der Waals surface area contributed by atoms with E-state index >= 15 is 0 Å². The lowest BCUT2D eigenvalue weighted by atomic mass is 10.3. The quantitative estimate of drug-likeness (QED) is 0.603. The van der Waals surface area contributed by atoms with Crippen molar-refractivity contribution in [3.8, 4) is 0 Å². The van der Waals surface area contributed by atoms with Crippen molar-refractivity contribution in [3.05, 3.63) is 17.5 Å². The summed E-state index contributed by atoms with van der Waals surface area (Å²) >= 11 is 0. The second kappa shape index (κ2) is 6.86. The lowest BCUT2D eigenvalue weighted by Crippen LogP contribution is -2.29. The van der Waals surface area contributed by atoms with Crippen molar-refractivity contribution in [1.82, 2.24) is 20.2 Å². The summed E-state index contributed by atoms with van der Waals surface area (Å²) in [6.07, 6.45) is 2.25. The van der Waals surface area contributed by atoms with Gasteiger partial charge in [-0.3, -0.25) is 5.10 Å². The van der Waals surface area contributed by atoms with Crippen LogP contribution in [0.3, 0.4) is 0 Å². The fraction of sp³-hybridized carbons (Fsp3) is 0.727. The zero-order valence-electron chi connectivity index (χ0n) is 11.2. The van der Waals surface area contributed by atoms with Gasteiger partial charge in [0, 0.05) is 23.8 Å². The molecular formula is C11H22N4O2S. The Bertz CT molecular complexity index is 453. The first-order chi connectivity index (χ1) is 8.41. The molecule has 18 heavy (non-hydrogen) atoms. The average molecular weight is 274 g/mol. The lowest BCUT2D eigenvalue weighted by Gasteiger charge is -2.09. The van der Waals surface area contributed by atoms with Gasteiger partial charge in [0.15, 0.2) is 0 Å². The van der Waals surface area contributed by atoms with Gasteiger partial charge in [-0.2, -0.15) is 5.10 Å². The highest BCUT2D eigenvalue weighted by Crippen LogP contribution is 2.02. The number of hydrogen-bond donors (Lipinski definition) is 3. The molecule has 0 radical (unpaired) electrons. The van der Waals surface area contributed by atoms with Gasteiger partial charge in [0.05, 0.1) is 11.9 Å². The van der Waals surface area contributed by atoms with E-state index in [-0.39, 0.29) is 5.75 Å². The molecule has 3 N–H and O–H groups in total. The molecule has 0 atom stereocenters. The monoisotopic (exact) mass is 274 g/mol. The van der Waals surface area contributed by atoms with Gasteiger partial charge in [-0.15, -0.1) is 0 Å². The molecule has 0 saturated carbocycles. The highest BCUT2D eigenvalue weighted by Gasteiger charge is 2.10. The Hall–Kier alpha value is -0.920. The summed E-state index contributed by atoms with van der Waals surface area (Å²) in [5, 5.41) is 9.81. The normalized spacial score (nSPS) is 12.2. The summed E-state index contributed by atoms with van der Waals surface area (Å²) in [5.41, 5.74) is 1.76. The molecule has 0 amide bonds. The van der Waals surface area contributed by atoms with Crippen LogP contribution in [0.25, 0.3) is 0 Å². The van der Waals surface area contributed by atoms with E-state index in [1.807, 2.05) is 20.8 Å². The third-order valence-electron chi connectivity index (χ3n) is 2.56. The van der Waals surface area contributed by atoms with Crippen molar-refractivity contribution in [2.24, 2.45) is 0 Å². The van der Waals surface area contributed by atoms with Gasteiger partial charge in [-0.25, -0.2) is 13.1 Å². The lowest BCUT2D eigenvalue weighted by molar-refractivity contribution is 0.560. The highest BCUT2D eigenvalue weighted by atomic mass is 32.2. The fourth-order valence-electron chi connectivity index (χ4n) is 1.47. The predicted octanol–water partition coefficient (Wildman–Crippen LogP) is 0.526. The molecule has 1 rings (SSSR count). The fourth-order valence-corrected chi connectivity index (χ4v) is 2.51. The van der Waals surface area contributed by atoms with Gasteiger partial charge >= 0.3 is 0 Å². The number of rotatable bonds is 8. The van der Waals surface area contributed by atoms with Crippen LogP contribution in [-0.2, 0) is 16.6 Å². The molecule has 1 aromatic rings. The highest BCUT2D eigenvalue weighted by molar-refractivity contribution is 7.89. The van der Waals surface area contributed by atoms with Crippen LogP contribution in [0.15, 0.2) is 6.20 Å². The predicted molar refractivity (Wildman–Crippen MR) is 71.7 cm³/mol. The molecule has 0 saturated heterocycles. The van der Waals surface area contributed by atoms with Gasteiger partial charge < -0.3 is 5.32 Å². The summed E-state index contributed by atoms with van der Waals surface area (Å²) in [7, 11) is -3.20. The van der Waals surface area contributed by atoms with E-state index in [2.05, 4.69) is 20.2 Å².